The Labute approximate surface area is 153 Å². The number of hydrogen-bond donors (Lipinski definition) is 1. The maximum absolute atomic E-state index is 11.1. The number of aliphatic hydroxyl groups excluding tert-OH is 1. The van der Waals surface area contributed by atoms with Crippen LogP contribution in [0.5, 0.6) is 0 Å². The van der Waals surface area contributed by atoms with E-state index in [1.165, 1.54) is 32.1 Å². The first kappa shape index (κ1) is 24.1. The van der Waals surface area contributed by atoms with Gasteiger partial charge in [0.2, 0.25) is 0 Å². The molecule has 0 radical (unpaired) electrons. The van der Waals surface area contributed by atoms with E-state index in [1.54, 1.807) is 6.92 Å². The molecule has 0 aromatic rings. The maximum Gasteiger partial charge on any atom is 1.00 e. The monoisotopic (exact) mass is 330 g/mol. The Morgan fingerprint density at radius 3 is 1.81 bits per heavy atom. The number of rotatable bonds is 13. The summed E-state index contributed by atoms with van der Waals surface area (Å²) in [5, 5.41) is 8.36. The van der Waals surface area contributed by atoms with Crippen molar-refractivity contribution in [3.05, 3.63) is 0 Å². The van der Waals surface area contributed by atoms with Crippen molar-refractivity contribution in [2.45, 2.75) is 95.8 Å². The van der Waals surface area contributed by atoms with Gasteiger partial charge in [-0.1, -0.05) is 58.3 Å². The van der Waals surface area contributed by atoms with Crippen LogP contribution in [0.1, 0.15) is 84.5 Å². The second kappa shape index (κ2) is 14.5. The fourth-order valence-corrected chi connectivity index (χ4v) is 3.25. The minimum Gasteiger partial charge on any atom is -0.748 e. The van der Waals surface area contributed by atoms with Crippen LogP contribution in [0, 0.1) is 0 Å². The summed E-state index contributed by atoms with van der Waals surface area (Å²) in [6.07, 6.45) is 9.71. The molecule has 1 N–H and O–H groups in total. The van der Waals surface area contributed by atoms with Gasteiger partial charge in [0.15, 0.2) is 0 Å². The zero-order valence-electron chi connectivity index (χ0n) is 14.0. The minimum absolute atomic E-state index is 0. The van der Waals surface area contributed by atoms with Crippen LogP contribution in [-0.2, 0) is 10.1 Å². The Bertz CT molecular complexity index is 318. The molecule has 0 aliphatic carbocycles. The topological polar surface area (TPSA) is 77.4 Å². The third-order valence-electron chi connectivity index (χ3n) is 3.69. The Balaban J connectivity index is 0. The van der Waals surface area contributed by atoms with Crippen molar-refractivity contribution in [3.8, 4) is 0 Å². The summed E-state index contributed by atoms with van der Waals surface area (Å²) >= 11 is 0. The van der Waals surface area contributed by atoms with E-state index in [9.17, 15) is 18.1 Å². The van der Waals surface area contributed by atoms with Gasteiger partial charge in [0.1, 0.15) is 0 Å². The van der Waals surface area contributed by atoms with Gasteiger partial charge in [-0.25, -0.2) is 8.42 Å². The van der Waals surface area contributed by atoms with Crippen molar-refractivity contribution in [1.82, 2.24) is 0 Å². The third-order valence-corrected chi connectivity index (χ3v) is 4.98. The molecule has 0 aromatic heterocycles. The predicted molar refractivity (Wildman–Crippen MR) is 81.6 cm³/mol. The molecule has 0 saturated heterocycles. The van der Waals surface area contributed by atoms with Crippen LogP contribution in [0.4, 0.5) is 0 Å². The molecule has 0 heterocycles. The zero-order valence-corrected chi connectivity index (χ0v) is 16.8. The molecule has 0 fully saturated rings. The minimum atomic E-state index is -4.23. The second-order valence-electron chi connectivity index (χ2n) is 5.80. The molecule has 122 valence electrons. The largest absolute Gasteiger partial charge is 1.00 e. The predicted octanol–water partition coefficient (Wildman–Crippen LogP) is 0.596. The van der Waals surface area contributed by atoms with E-state index in [4.69, 9.17) is 0 Å². The number of aliphatic hydroxyl groups is 1. The van der Waals surface area contributed by atoms with Gasteiger partial charge < -0.3 is 9.66 Å². The van der Waals surface area contributed by atoms with Crippen LogP contribution in [0.3, 0.4) is 0 Å². The molecule has 0 rings (SSSR count). The van der Waals surface area contributed by atoms with Gasteiger partial charge in [-0.3, -0.25) is 0 Å². The van der Waals surface area contributed by atoms with Crippen LogP contribution in [0.25, 0.3) is 0 Å². The average molecular weight is 330 g/mol. The molecule has 6 heteroatoms. The summed E-state index contributed by atoms with van der Waals surface area (Å²) in [7, 11) is -4.23. The molecule has 0 aliphatic rings. The molecule has 4 nitrogen and oxygen atoms in total. The summed E-state index contributed by atoms with van der Waals surface area (Å²) in [5.74, 6) is 0. The van der Waals surface area contributed by atoms with E-state index in [0.717, 1.165) is 19.3 Å². The molecule has 0 aromatic carbocycles. The smallest absolute Gasteiger partial charge is 0.748 e. The van der Waals surface area contributed by atoms with Crippen molar-refractivity contribution in [3.63, 3.8) is 0 Å². The van der Waals surface area contributed by atoms with Crippen molar-refractivity contribution in [2.75, 3.05) is 0 Å². The molecule has 0 amide bonds. The summed E-state index contributed by atoms with van der Waals surface area (Å²) in [5.41, 5.74) is 0. The quantitative estimate of drug-likeness (QED) is 0.305. The molecule has 2 atom stereocenters. The van der Waals surface area contributed by atoms with Crippen LogP contribution in [0.15, 0.2) is 0 Å². The Kier molecular flexibility index (Phi) is 16.6. The molecule has 0 saturated carbocycles. The van der Waals surface area contributed by atoms with Crippen molar-refractivity contribution in [2.24, 2.45) is 0 Å². The fraction of sp³-hybridized carbons (Fsp3) is 1.00. The summed E-state index contributed by atoms with van der Waals surface area (Å²) in [4.78, 5) is 0. The first-order valence-electron chi connectivity index (χ1n) is 8.00. The first-order chi connectivity index (χ1) is 9.38. The number of unbranched alkanes of at least 4 members (excludes halogenated alkanes) is 7. The fourth-order valence-electron chi connectivity index (χ4n) is 2.37. The van der Waals surface area contributed by atoms with Crippen molar-refractivity contribution >= 4 is 10.1 Å². The van der Waals surface area contributed by atoms with Gasteiger partial charge in [0.05, 0.1) is 16.2 Å². The van der Waals surface area contributed by atoms with E-state index in [-0.39, 0.29) is 36.0 Å². The summed E-state index contributed by atoms with van der Waals surface area (Å²) < 4.78 is 33.4. The SMILES string of the molecule is CCCCCCCCCCC(CCC(C)O)S(=O)(=O)[O-].[Na+]. The van der Waals surface area contributed by atoms with E-state index in [1.807, 2.05) is 0 Å². The van der Waals surface area contributed by atoms with Crippen LogP contribution >= 0.6 is 0 Å². The maximum atomic E-state index is 11.1. The first-order valence-corrected chi connectivity index (χ1v) is 9.47. The Morgan fingerprint density at radius 1 is 0.905 bits per heavy atom. The summed E-state index contributed by atoms with van der Waals surface area (Å²) in [6, 6.07) is 0. The van der Waals surface area contributed by atoms with Gasteiger partial charge >= 0.3 is 29.6 Å². The van der Waals surface area contributed by atoms with Gasteiger partial charge in [-0.15, -0.1) is 0 Å². The van der Waals surface area contributed by atoms with Crippen LogP contribution in [-0.4, -0.2) is 29.4 Å². The number of hydrogen-bond acceptors (Lipinski definition) is 4. The normalized spacial score (nSPS) is 14.5. The van der Waals surface area contributed by atoms with E-state index < -0.39 is 21.5 Å². The molecular formula is C15H31NaO4S. The summed E-state index contributed by atoms with van der Waals surface area (Å²) in [6.45, 7) is 3.81. The molecular weight excluding hydrogens is 299 g/mol. The van der Waals surface area contributed by atoms with E-state index >= 15 is 0 Å². The van der Waals surface area contributed by atoms with Gasteiger partial charge in [0.25, 0.3) is 0 Å². The van der Waals surface area contributed by atoms with Crippen molar-refractivity contribution in [1.29, 1.82) is 0 Å². The molecule has 2 unspecified atom stereocenters. The Hall–Kier alpha value is 0.870. The van der Waals surface area contributed by atoms with Crippen LogP contribution < -0.4 is 29.6 Å². The third kappa shape index (κ3) is 15.5. The van der Waals surface area contributed by atoms with Gasteiger partial charge in [-0.05, 0) is 26.2 Å². The molecule has 21 heavy (non-hydrogen) atoms. The molecule has 0 aliphatic heterocycles. The van der Waals surface area contributed by atoms with Gasteiger partial charge in [-0.2, -0.15) is 0 Å². The van der Waals surface area contributed by atoms with E-state index in [2.05, 4.69) is 6.92 Å². The zero-order chi connectivity index (χ0) is 15.4. The van der Waals surface area contributed by atoms with Crippen molar-refractivity contribution < 1.29 is 47.6 Å². The van der Waals surface area contributed by atoms with Gasteiger partial charge in [0, 0.05) is 5.25 Å². The molecule has 0 bridgehead atoms. The standard InChI is InChI=1S/C15H32O4S.Na/c1-3-4-5-6-7-8-9-10-11-15(20(17,18)19)13-12-14(2)16;/h14-16H,3-13H2,1-2H3,(H,17,18,19);/q;+1/p-1. The molecule has 0 spiro atoms. The Morgan fingerprint density at radius 2 is 1.38 bits per heavy atom. The second-order valence-corrected chi connectivity index (χ2v) is 7.46. The van der Waals surface area contributed by atoms with Crippen LogP contribution in [0.2, 0.25) is 0 Å². The average Bonchev–Trinajstić information content (AvgIpc) is 2.34. The van der Waals surface area contributed by atoms with E-state index in [0.29, 0.717) is 12.8 Å².